The van der Waals surface area contributed by atoms with E-state index < -0.39 is 11.6 Å². The lowest BCUT2D eigenvalue weighted by molar-refractivity contribution is -0.184. The maximum absolute atomic E-state index is 12.6. The van der Waals surface area contributed by atoms with Crippen LogP contribution in [0.5, 0.6) is 5.75 Å². The van der Waals surface area contributed by atoms with Gasteiger partial charge in [-0.05, 0) is 12.1 Å². The molecular weight excluding hydrogens is 290 g/mol. The van der Waals surface area contributed by atoms with Crippen molar-refractivity contribution in [3.8, 4) is 5.75 Å². The van der Waals surface area contributed by atoms with Gasteiger partial charge in [-0.15, -0.1) is 19.7 Å². The van der Waals surface area contributed by atoms with Crippen LogP contribution in [0.2, 0.25) is 0 Å². The van der Waals surface area contributed by atoms with Crippen LogP contribution in [0.3, 0.4) is 0 Å². The molecule has 0 N–H and O–H groups in total. The minimum atomic E-state index is -0.585. The van der Waals surface area contributed by atoms with Gasteiger partial charge in [0, 0.05) is 13.0 Å². The third-order valence-corrected chi connectivity index (χ3v) is 4.57. The minimum Gasteiger partial charge on any atom is -0.478 e. The molecule has 1 aromatic rings. The predicted octanol–water partition coefficient (Wildman–Crippen LogP) is 2.73. The highest BCUT2D eigenvalue weighted by atomic mass is 16.5. The summed E-state index contributed by atoms with van der Waals surface area (Å²) in [6.45, 7) is 11.9. The molecule has 2 aliphatic heterocycles. The molecule has 0 aliphatic carbocycles. The number of hydrogen-bond donors (Lipinski definition) is 0. The fraction of sp³-hybridized carbons (Fsp3) is 0.316. The van der Waals surface area contributed by atoms with Gasteiger partial charge in [0.1, 0.15) is 17.4 Å². The van der Waals surface area contributed by atoms with Crippen molar-refractivity contribution in [2.24, 2.45) is 0 Å². The Morgan fingerprint density at radius 3 is 2.61 bits per heavy atom. The van der Waals surface area contributed by atoms with Crippen LogP contribution in [0.25, 0.3) is 0 Å². The largest absolute Gasteiger partial charge is 0.478 e. The van der Waals surface area contributed by atoms with Crippen LogP contribution in [0.1, 0.15) is 6.42 Å². The Kier molecular flexibility index (Phi) is 4.09. The van der Waals surface area contributed by atoms with E-state index in [0.717, 1.165) is 0 Å². The van der Waals surface area contributed by atoms with E-state index in [4.69, 9.17) is 9.47 Å². The van der Waals surface area contributed by atoms with Crippen molar-refractivity contribution >= 4 is 5.91 Å². The van der Waals surface area contributed by atoms with E-state index in [1.165, 1.54) is 0 Å². The van der Waals surface area contributed by atoms with Gasteiger partial charge in [0.15, 0.2) is 0 Å². The average Bonchev–Trinajstić information content (AvgIpc) is 2.99. The number of ether oxygens (including phenoxy) is 2. The first-order valence-electron chi connectivity index (χ1n) is 7.72. The summed E-state index contributed by atoms with van der Waals surface area (Å²) < 4.78 is 12.0. The second kappa shape index (κ2) is 6.05. The number of rotatable bonds is 6. The first-order valence-corrected chi connectivity index (χ1v) is 7.72. The highest BCUT2D eigenvalue weighted by Gasteiger charge is 2.68. The summed E-state index contributed by atoms with van der Waals surface area (Å²) in [4.78, 5) is 14.4. The van der Waals surface area contributed by atoms with Gasteiger partial charge in [-0.25, -0.2) is 0 Å². The lowest BCUT2D eigenvalue weighted by Crippen LogP contribution is -2.78. The number of amides is 1. The molecule has 120 valence electrons. The Morgan fingerprint density at radius 1 is 1.26 bits per heavy atom. The lowest BCUT2D eigenvalue weighted by Gasteiger charge is -2.56. The Hall–Kier alpha value is -2.33. The SMILES string of the molecule is C=CCN1C(=O)[C@@H](Oc2ccccc2)[C@]12C[C@@H](C=C)O[C@H]2C=C. The molecule has 0 aromatic heterocycles. The smallest absolute Gasteiger partial charge is 0.267 e. The van der Waals surface area contributed by atoms with Crippen LogP contribution >= 0.6 is 0 Å². The number of hydrogen-bond acceptors (Lipinski definition) is 3. The highest BCUT2D eigenvalue weighted by molar-refractivity contribution is 5.91. The molecule has 3 rings (SSSR count). The summed E-state index contributed by atoms with van der Waals surface area (Å²) in [6, 6.07) is 9.38. The molecule has 4 nitrogen and oxygen atoms in total. The van der Waals surface area contributed by atoms with Crippen LogP contribution in [0, 0.1) is 0 Å². The summed E-state index contributed by atoms with van der Waals surface area (Å²) in [5.74, 6) is 0.627. The zero-order valence-corrected chi connectivity index (χ0v) is 13.1. The summed E-state index contributed by atoms with van der Waals surface area (Å²) >= 11 is 0. The molecule has 1 spiro atoms. The standard InChI is InChI=1S/C19H21NO3/c1-4-12-20-18(21)17(23-15-10-8-7-9-11-15)19(20)13-14(5-2)22-16(19)6-3/h4-11,14,16-17H,1-3,12-13H2/t14-,16+,17-,19-/m1/s1. The van der Waals surface area contributed by atoms with Crippen molar-refractivity contribution in [1.82, 2.24) is 4.90 Å². The molecule has 0 radical (unpaired) electrons. The first-order chi connectivity index (χ1) is 11.2. The number of carbonyl (C=O) groups excluding carboxylic acids is 1. The van der Waals surface area contributed by atoms with Crippen molar-refractivity contribution in [3.63, 3.8) is 0 Å². The molecule has 4 atom stereocenters. The number of para-hydroxylation sites is 1. The number of likely N-dealkylation sites (tertiary alicyclic amines) is 1. The van der Waals surface area contributed by atoms with Gasteiger partial charge < -0.3 is 14.4 Å². The summed E-state index contributed by atoms with van der Waals surface area (Å²) in [5.41, 5.74) is -0.554. The Morgan fingerprint density at radius 2 is 2.00 bits per heavy atom. The quantitative estimate of drug-likeness (QED) is 0.599. The number of carbonyl (C=O) groups is 1. The molecule has 2 heterocycles. The predicted molar refractivity (Wildman–Crippen MR) is 89.2 cm³/mol. The molecule has 1 aromatic carbocycles. The van der Waals surface area contributed by atoms with E-state index >= 15 is 0 Å². The number of β-lactam (4-membered cyclic amide) rings is 1. The topological polar surface area (TPSA) is 38.8 Å². The van der Waals surface area contributed by atoms with Crippen LogP contribution < -0.4 is 4.74 Å². The van der Waals surface area contributed by atoms with E-state index in [0.29, 0.717) is 18.7 Å². The zero-order chi connectivity index (χ0) is 16.4. The van der Waals surface area contributed by atoms with E-state index in [9.17, 15) is 4.79 Å². The van der Waals surface area contributed by atoms with Gasteiger partial charge in [0.25, 0.3) is 5.91 Å². The minimum absolute atomic E-state index is 0.0473. The van der Waals surface area contributed by atoms with Gasteiger partial charge >= 0.3 is 0 Å². The summed E-state index contributed by atoms with van der Waals surface area (Å²) in [6.07, 6.45) is 4.87. The Labute approximate surface area is 136 Å². The van der Waals surface area contributed by atoms with Crippen LogP contribution in [-0.2, 0) is 9.53 Å². The molecule has 2 saturated heterocycles. The average molecular weight is 311 g/mol. The highest BCUT2D eigenvalue weighted by Crippen LogP contribution is 2.48. The van der Waals surface area contributed by atoms with E-state index in [1.807, 2.05) is 30.3 Å². The monoisotopic (exact) mass is 311 g/mol. The molecular formula is C19H21NO3. The molecule has 0 saturated carbocycles. The van der Waals surface area contributed by atoms with Gasteiger partial charge in [-0.3, -0.25) is 4.79 Å². The van der Waals surface area contributed by atoms with Crippen molar-refractivity contribution in [3.05, 3.63) is 68.3 Å². The summed E-state index contributed by atoms with van der Waals surface area (Å²) in [7, 11) is 0. The fourth-order valence-corrected chi connectivity index (χ4v) is 3.52. The number of nitrogens with zero attached hydrogens (tertiary/aromatic N) is 1. The fourth-order valence-electron chi connectivity index (χ4n) is 3.52. The van der Waals surface area contributed by atoms with Crippen molar-refractivity contribution in [2.75, 3.05) is 6.54 Å². The van der Waals surface area contributed by atoms with Crippen molar-refractivity contribution in [1.29, 1.82) is 0 Å². The van der Waals surface area contributed by atoms with Gasteiger partial charge in [0.05, 0.1) is 6.10 Å². The van der Waals surface area contributed by atoms with E-state index in [1.54, 1.807) is 23.1 Å². The summed E-state index contributed by atoms with van der Waals surface area (Å²) in [5, 5.41) is 0. The van der Waals surface area contributed by atoms with Gasteiger partial charge in [0.2, 0.25) is 6.10 Å². The maximum atomic E-state index is 12.6. The third-order valence-electron chi connectivity index (χ3n) is 4.57. The van der Waals surface area contributed by atoms with Crippen LogP contribution in [0.4, 0.5) is 0 Å². The number of benzene rings is 1. The third kappa shape index (κ3) is 2.30. The molecule has 0 unspecified atom stereocenters. The molecule has 1 amide bonds. The normalized spacial score (nSPS) is 32.4. The van der Waals surface area contributed by atoms with Gasteiger partial charge in [-0.2, -0.15) is 0 Å². The zero-order valence-electron chi connectivity index (χ0n) is 13.1. The van der Waals surface area contributed by atoms with Crippen LogP contribution in [-0.4, -0.2) is 41.2 Å². The van der Waals surface area contributed by atoms with Crippen molar-refractivity contribution < 1.29 is 14.3 Å². The second-order valence-corrected chi connectivity index (χ2v) is 5.81. The molecule has 2 aliphatic rings. The van der Waals surface area contributed by atoms with E-state index in [2.05, 4.69) is 19.7 Å². The molecule has 0 bridgehead atoms. The first kappa shape index (κ1) is 15.6. The molecule has 4 heteroatoms. The Balaban J connectivity index is 1.94. The van der Waals surface area contributed by atoms with Crippen LogP contribution in [0.15, 0.2) is 68.3 Å². The Bertz CT molecular complexity index is 627. The molecule has 2 fully saturated rings. The van der Waals surface area contributed by atoms with Crippen molar-refractivity contribution in [2.45, 2.75) is 30.3 Å². The maximum Gasteiger partial charge on any atom is 0.267 e. The molecule has 23 heavy (non-hydrogen) atoms. The van der Waals surface area contributed by atoms with Gasteiger partial charge in [-0.1, -0.05) is 36.4 Å². The second-order valence-electron chi connectivity index (χ2n) is 5.81. The lowest BCUT2D eigenvalue weighted by atomic mass is 9.73. The van der Waals surface area contributed by atoms with E-state index in [-0.39, 0.29) is 18.1 Å².